The van der Waals surface area contributed by atoms with Crippen LogP contribution in [0.15, 0.2) is 24.3 Å². The number of nitrogens with one attached hydrogen (secondary N) is 6. The van der Waals surface area contributed by atoms with E-state index in [1.165, 1.54) is 30.6 Å². The summed E-state index contributed by atoms with van der Waals surface area (Å²) in [6.45, 7) is 16.8. The number of hydrogen-bond acceptors (Lipinski definition) is 20. The minimum absolute atomic E-state index is 0.0229. The molecule has 0 spiro atoms. The topological polar surface area (TPSA) is 392 Å². The van der Waals surface area contributed by atoms with Crippen LogP contribution < -0.4 is 30.7 Å². The van der Waals surface area contributed by atoms with E-state index in [0.29, 0.717) is 64.2 Å². The Morgan fingerprint density at radius 3 is 1.32 bits per heavy atom. The van der Waals surface area contributed by atoms with Crippen LogP contribution in [0.4, 0.5) is 9.59 Å². The summed E-state index contributed by atoms with van der Waals surface area (Å²) in [5.74, 6) is -6.54. The van der Waals surface area contributed by atoms with Crippen LogP contribution in [0.5, 0.6) is 0 Å². The Morgan fingerprint density at radius 2 is 0.967 bits per heavy atom. The molecule has 504 valence electrons. The van der Waals surface area contributed by atoms with Crippen molar-refractivity contribution >= 4 is 85.6 Å². The third-order valence-corrected chi connectivity index (χ3v) is 21.3. The normalized spacial score (nSPS) is 30.5. The first-order valence-corrected chi connectivity index (χ1v) is 33.9. The van der Waals surface area contributed by atoms with Crippen molar-refractivity contribution < 1.29 is 93.6 Å². The molecule has 2 saturated heterocycles. The van der Waals surface area contributed by atoms with Gasteiger partial charge < -0.3 is 55.1 Å². The molecule has 0 radical (unpaired) electrons. The van der Waals surface area contributed by atoms with Crippen molar-refractivity contribution in [2.75, 3.05) is 13.1 Å². The van der Waals surface area contributed by atoms with Gasteiger partial charge in [-0.2, -0.15) is 0 Å². The molecule has 10 atom stereocenters. The molecule has 90 heavy (non-hydrogen) atoms. The van der Waals surface area contributed by atoms with Crippen LogP contribution in [0.2, 0.25) is 0 Å². The van der Waals surface area contributed by atoms with Gasteiger partial charge in [-0.1, -0.05) is 50.0 Å². The van der Waals surface area contributed by atoms with Gasteiger partial charge >= 0.3 is 30.1 Å². The summed E-state index contributed by atoms with van der Waals surface area (Å²) in [5.41, 5.74) is -4.54. The zero-order chi connectivity index (χ0) is 67.2. The van der Waals surface area contributed by atoms with Gasteiger partial charge in [0, 0.05) is 52.0 Å². The van der Waals surface area contributed by atoms with Crippen LogP contribution in [-0.2, 0) is 82.1 Å². The second kappa shape index (κ2) is 28.4. The summed E-state index contributed by atoms with van der Waals surface area (Å²) < 4.78 is 73.8. The van der Waals surface area contributed by atoms with E-state index in [-0.39, 0.29) is 38.8 Å². The standard InChI is InChI=1S/C29H44N4O9S.C27H42N4O8S.C4H6O3/c1-18(34)41-20-15-22-23(35)31-29(25(37)32-43(39,40)28(5)13-14-28)16-19(29)11-9-7-6-8-10-12-21(24(36)33(22)17-20)30-26(38)42-27(2,3)4;1-25(2,3)39-24(36)28-19-11-9-7-5-6-8-10-17-15-27(17,23(35)30-40(37,38)26(4)12-13-26)29-21(33)20-14-18(32)16-31(20)22(19)34;1-3(5)7-4(2)6/h9,11,19-22H,6-8,10,12-17H2,1-5H3,(H,30,38)(H,31,35)(H,32,37);8,10,17-20,32H,5-7,9,11-16H2,1-4H3,(H,28,36)(H,29,33)(H,30,35);1-2H3/b11-9-;10-8-;/t19-,20-,21+,22+,29-;17-,18-,19+,20+,27-;/m11./s1. The van der Waals surface area contributed by atoms with Crippen molar-refractivity contribution in [3.05, 3.63) is 24.3 Å². The molecule has 0 aromatic heterocycles. The fraction of sp³-hybridized carbons (Fsp3) is 0.750. The lowest BCUT2D eigenvalue weighted by atomic mass is 10.0. The predicted octanol–water partition coefficient (Wildman–Crippen LogP) is 3.14. The molecular weight excluding hydrogens is 1220 g/mol. The Kier molecular flexibility index (Phi) is 22.9. The highest BCUT2D eigenvalue weighted by Crippen LogP contribution is 2.49. The summed E-state index contributed by atoms with van der Waals surface area (Å²) in [7, 11) is -7.89. The first-order chi connectivity index (χ1) is 41.7. The molecule has 8 aliphatic rings. The van der Waals surface area contributed by atoms with Gasteiger partial charge in [0.25, 0.3) is 11.8 Å². The monoisotopic (exact) mass is 1310 g/mol. The highest BCUT2D eigenvalue weighted by atomic mass is 32.2. The van der Waals surface area contributed by atoms with E-state index >= 15 is 0 Å². The number of amides is 8. The SMILES string of the molecule is CC(=O)OC(C)=O.CC(=O)O[C@@H]1C[C@H]2C(=O)N[C@]3(C(=O)NS(=O)(=O)C4(C)CC4)C[C@H]3/C=C\CCCCC[C@H](NC(=O)OC(C)(C)C)C(=O)N2C1.CC(C)(C)OC(=O)N[C@H]1CCCCC/C=C\[C@@H]2C[C@@]2(C(=O)NS(=O)(=O)C2(C)CC2)NC(=O)[C@@H]2C[C@@H](O)CN2C1=O. The summed E-state index contributed by atoms with van der Waals surface area (Å²) in [6.07, 6.45) is 12.8. The second-order valence-corrected chi connectivity index (χ2v) is 31.7. The van der Waals surface area contributed by atoms with E-state index < -0.39 is 166 Å². The van der Waals surface area contributed by atoms with Gasteiger partial charge in [0.1, 0.15) is 52.6 Å². The number of sulfonamides is 2. The van der Waals surface area contributed by atoms with Crippen molar-refractivity contribution in [1.82, 2.24) is 40.5 Å². The number of allylic oxidation sites excluding steroid dienone is 2. The number of alkyl carbamates (subject to hydrolysis) is 2. The van der Waals surface area contributed by atoms with Crippen LogP contribution in [0.3, 0.4) is 0 Å². The number of aliphatic hydroxyl groups excluding tert-OH is 1. The number of ether oxygens (including phenoxy) is 4. The van der Waals surface area contributed by atoms with Gasteiger partial charge in [-0.15, -0.1) is 0 Å². The third kappa shape index (κ3) is 19.2. The van der Waals surface area contributed by atoms with E-state index in [2.05, 4.69) is 35.4 Å². The molecule has 4 aliphatic carbocycles. The molecule has 0 aromatic rings. The van der Waals surface area contributed by atoms with Crippen LogP contribution in [0.25, 0.3) is 0 Å². The Hall–Kier alpha value is -6.69. The number of rotatable bonds is 9. The molecular formula is C60H92N8O20S2. The van der Waals surface area contributed by atoms with Gasteiger partial charge in [0.05, 0.1) is 22.1 Å². The fourth-order valence-corrected chi connectivity index (χ4v) is 13.8. The van der Waals surface area contributed by atoms with E-state index in [9.17, 15) is 74.7 Å². The molecule has 28 nitrogen and oxygen atoms in total. The van der Waals surface area contributed by atoms with Crippen molar-refractivity contribution in [2.45, 2.75) is 260 Å². The molecule has 7 N–H and O–H groups in total. The minimum Gasteiger partial charge on any atom is -0.461 e. The number of carbonyl (C=O) groups is 11. The summed E-state index contributed by atoms with van der Waals surface area (Å²) in [4.78, 5) is 141. The van der Waals surface area contributed by atoms with Crippen LogP contribution >= 0.6 is 0 Å². The smallest absolute Gasteiger partial charge is 0.408 e. The highest BCUT2D eigenvalue weighted by Gasteiger charge is 2.65. The molecule has 4 aliphatic heterocycles. The molecule has 30 heteroatoms. The molecule has 6 fully saturated rings. The number of aliphatic hydroxyl groups is 1. The van der Waals surface area contributed by atoms with Crippen molar-refractivity contribution in [1.29, 1.82) is 0 Å². The predicted molar refractivity (Wildman–Crippen MR) is 322 cm³/mol. The fourth-order valence-electron chi connectivity index (χ4n) is 11.2. The average molecular weight is 1310 g/mol. The van der Waals surface area contributed by atoms with Gasteiger partial charge in [0.15, 0.2) is 0 Å². The van der Waals surface area contributed by atoms with Crippen molar-refractivity contribution in [3.8, 4) is 0 Å². The molecule has 8 rings (SSSR count). The Labute approximate surface area is 526 Å². The third-order valence-electron chi connectivity index (χ3n) is 17.0. The number of hydrogen-bond donors (Lipinski definition) is 7. The second-order valence-electron chi connectivity index (χ2n) is 27.3. The first-order valence-electron chi connectivity index (χ1n) is 30.9. The van der Waals surface area contributed by atoms with Crippen LogP contribution in [-0.4, -0.2) is 179 Å². The van der Waals surface area contributed by atoms with E-state index in [4.69, 9.17) is 14.2 Å². The maximum Gasteiger partial charge on any atom is 0.408 e. The average Bonchev–Trinajstić information content (AvgIpc) is 1.60. The van der Waals surface area contributed by atoms with Crippen LogP contribution in [0.1, 0.15) is 192 Å². The molecule has 0 unspecified atom stereocenters. The van der Waals surface area contributed by atoms with Gasteiger partial charge in [-0.3, -0.25) is 52.6 Å². The van der Waals surface area contributed by atoms with E-state index in [0.717, 1.165) is 25.7 Å². The highest BCUT2D eigenvalue weighted by molar-refractivity contribution is 7.92. The number of fused-ring (bicyclic) bond motifs is 4. The van der Waals surface area contributed by atoms with Gasteiger partial charge in [0.2, 0.25) is 43.7 Å². The number of nitrogens with zero attached hydrogens (tertiary/aromatic N) is 2. The molecule has 8 amide bonds. The largest absolute Gasteiger partial charge is 0.461 e. The zero-order valence-electron chi connectivity index (χ0n) is 53.5. The minimum atomic E-state index is -3.96. The lowest BCUT2D eigenvalue weighted by Crippen LogP contribution is -2.58. The van der Waals surface area contributed by atoms with Crippen molar-refractivity contribution in [3.63, 3.8) is 0 Å². The number of esters is 3. The Morgan fingerprint density at radius 1 is 0.578 bits per heavy atom. The molecule has 0 bridgehead atoms. The molecule has 4 saturated carbocycles. The Balaban J connectivity index is 0.000000259. The van der Waals surface area contributed by atoms with Crippen molar-refractivity contribution in [2.24, 2.45) is 11.8 Å². The summed E-state index contributed by atoms with van der Waals surface area (Å²) in [5, 5.41) is 21.2. The van der Waals surface area contributed by atoms with Crippen LogP contribution in [0, 0.1) is 11.8 Å². The molecule has 4 heterocycles. The van der Waals surface area contributed by atoms with E-state index in [1.807, 2.05) is 24.3 Å². The molecule has 0 aromatic carbocycles. The summed E-state index contributed by atoms with van der Waals surface area (Å²) >= 11 is 0. The lowest BCUT2D eigenvalue weighted by molar-refractivity contribution is -0.156. The Bertz CT molecular complexity index is 3060. The maximum absolute atomic E-state index is 13.9. The lowest BCUT2D eigenvalue weighted by Gasteiger charge is -2.30. The maximum atomic E-state index is 13.9. The quantitative estimate of drug-likeness (QED) is 0.0754. The first kappa shape index (κ1) is 72.4. The van der Waals surface area contributed by atoms with E-state index in [1.54, 1.807) is 55.4 Å². The zero-order valence-corrected chi connectivity index (χ0v) is 55.1. The number of carbonyl (C=O) groups excluding carboxylic acids is 11. The van der Waals surface area contributed by atoms with Gasteiger partial charge in [-0.25, -0.2) is 26.4 Å². The van der Waals surface area contributed by atoms with Gasteiger partial charge in [-0.05, 0) is 132 Å². The summed E-state index contributed by atoms with van der Waals surface area (Å²) in [6, 6.07) is -4.19.